The van der Waals surface area contributed by atoms with Crippen molar-refractivity contribution in [1.29, 1.82) is 0 Å². The summed E-state index contributed by atoms with van der Waals surface area (Å²) in [4.78, 5) is 28.2. The summed E-state index contributed by atoms with van der Waals surface area (Å²) in [6.45, 7) is 0.810. The Kier molecular flexibility index (Phi) is 3.94. The van der Waals surface area contributed by atoms with E-state index in [4.69, 9.17) is 0 Å². The average Bonchev–Trinajstić information content (AvgIpc) is 2.87. The van der Waals surface area contributed by atoms with E-state index in [2.05, 4.69) is 15.0 Å². The molecule has 1 aliphatic rings. The zero-order chi connectivity index (χ0) is 13.8. The van der Waals surface area contributed by atoms with Crippen LogP contribution in [0.3, 0.4) is 0 Å². The number of hydrogen-bond donors (Lipinski definition) is 1. The maximum absolute atomic E-state index is 13.5. The molecule has 1 fully saturated rings. The molecule has 0 bridgehead atoms. The molecule has 1 aliphatic heterocycles. The Balaban J connectivity index is 1.99. The van der Waals surface area contributed by atoms with Gasteiger partial charge >= 0.3 is 6.09 Å². The number of methoxy groups -OCH3 is 1. The van der Waals surface area contributed by atoms with Crippen LogP contribution in [-0.4, -0.2) is 48.1 Å². The zero-order valence-electron chi connectivity index (χ0n) is 10.4. The van der Waals surface area contributed by atoms with Gasteiger partial charge in [-0.2, -0.15) is 0 Å². The third-order valence-electron chi connectivity index (χ3n) is 2.99. The standard InChI is InChI=1S/C12H14FN3O3/c1-19-12(18)15-8-3-5-16(7-8)11(17)9-2-4-14-6-10(9)13/h2,4,6,8H,3,5,7H2,1H3,(H,15,18). The first-order chi connectivity index (χ1) is 9.11. The third-order valence-corrected chi connectivity index (χ3v) is 2.99. The maximum atomic E-state index is 13.5. The summed E-state index contributed by atoms with van der Waals surface area (Å²) in [6.07, 6.45) is 2.46. The lowest BCUT2D eigenvalue weighted by atomic mass is 10.2. The van der Waals surface area contributed by atoms with Crippen molar-refractivity contribution < 1.29 is 18.7 Å². The van der Waals surface area contributed by atoms with Crippen molar-refractivity contribution in [3.8, 4) is 0 Å². The molecule has 2 heterocycles. The largest absolute Gasteiger partial charge is 0.453 e. The fourth-order valence-electron chi connectivity index (χ4n) is 2.01. The minimum atomic E-state index is -0.642. The number of rotatable bonds is 2. The Labute approximate surface area is 109 Å². The van der Waals surface area contributed by atoms with Crippen molar-refractivity contribution in [2.75, 3.05) is 20.2 Å². The molecule has 1 saturated heterocycles. The van der Waals surface area contributed by atoms with Gasteiger partial charge in [0.15, 0.2) is 5.82 Å². The number of carbonyl (C=O) groups excluding carboxylic acids is 2. The summed E-state index contributed by atoms with van der Waals surface area (Å²) >= 11 is 0. The number of nitrogens with one attached hydrogen (secondary N) is 1. The number of pyridine rings is 1. The van der Waals surface area contributed by atoms with Gasteiger partial charge < -0.3 is 15.0 Å². The number of nitrogens with zero attached hydrogens (tertiary/aromatic N) is 2. The summed E-state index contributed by atoms with van der Waals surface area (Å²) in [5.41, 5.74) is -0.00582. The second-order valence-corrected chi connectivity index (χ2v) is 4.23. The highest BCUT2D eigenvalue weighted by Crippen LogP contribution is 2.15. The average molecular weight is 267 g/mol. The van der Waals surface area contributed by atoms with Crippen molar-refractivity contribution >= 4 is 12.0 Å². The van der Waals surface area contributed by atoms with E-state index in [1.54, 1.807) is 0 Å². The molecule has 2 rings (SSSR count). The van der Waals surface area contributed by atoms with Gasteiger partial charge in [0.1, 0.15) is 0 Å². The number of carbonyl (C=O) groups is 2. The van der Waals surface area contributed by atoms with Crippen LogP contribution < -0.4 is 5.32 Å². The monoisotopic (exact) mass is 267 g/mol. The van der Waals surface area contributed by atoms with E-state index in [9.17, 15) is 14.0 Å². The van der Waals surface area contributed by atoms with Crippen LogP contribution in [-0.2, 0) is 4.74 Å². The van der Waals surface area contributed by atoms with Crippen molar-refractivity contribution in [3.05, 3.63) is 29.8 Å². The topological polar surface area (TPSA) is 71.5 Å². The van der Waals surface area contributed by atoms with Crippen LogP contribution >= 0.6 is 0 Å². The Bertz CT molecular complexity index is 495. The molecule has 1 unspecified atom stereocenters. The van der Waals surface area contributed by atoms with Crippen LogP contribution in [0.1, 0.15) is 16.8 Å². The molecule has 0 radical (unpaired) electrons. The second kappa shape index (κ2) is 5.64. The van der Waals surface area contributed by atoms with Crippen LogP contribution in [0, 0.1) is 5.82 Å². The summed E-state index contributed by atoms with van der Waals surface area (Å²) in [6, 6.07) is 1.18. The van der Waals surface area contributed by atoms with E-state index in [0.717, 1.165) is 6.20 Å². The highest BCUT2D eigenvalue weighted by molar-refractivity contribution is 5.94. The molecule has 0 aliphatic carbocycles. The zero-order valence-corrected chi connectivity index (χ0v) is 10.4. The molecule has 1 aromatic rings. The number of aromatic nitrogens is 1. The summed E-state index contributed by atoms with van der Waals surface area (Å²) in [5, 5.41) is 2.62. The van der Waals surface area contributed by atoms with Gasteiger partial charge in [-0.1, -0.05) is 0 Å². The van der Waals surface area contributed by atoms with Crippen LogP contribution in [0.15, 0.2) is 18.5 Å². The highest BCUT2D eigenvalue weighted by Gasteiger charge is 2.29. The first-order valence-electron chi connectivity index (χ1n) is 5.85. The molecule has 0 aromatic carbocycles. The molecule has 7 heteroatoms. The summed E-state index contributed by atoms with van der Waals surface area (Å²) in [5.74, 6) is -1.04. The van der Waals surface area contributed by atoms with Gasteiger partial charge in [-0.3, -0.25) is 9.78 Å². The molecule has 1 aromatic heterocycles. The van der Waals surface area contributed by atoms with E-state index in [-0.39, 0.29) is 11.6 Å². The number of alkyl carbamates (subject to hydrolysis) is 1. The van der Waals surface area contributed by atoms with E-state index in [1.165, 1.54) is 24.3 Å². The molecular formula is C12H14FN3O3. The predicted octanol–water partition coefficient (Wildman–Crippen LogP) is 0.791. The van der Waals surface area contributed by atoms with E-state index in [0.29, 0.717) is 19.5 Å². The van der Waals surface area contributed by atoms with Crippen molar-refractivity contribution in [3.63, 3.8) is 0 Å². The first kappa shape index (κ1) is 13.3. The number of likely N-dealkylation sites (tertiary alicyclic amines) is 1. The fraction of sp³-hybridized carbons (Fsp3) is 0.417. The lowest BCUT2D eigenvalue weighted by molar-refractivity contribution is 0.0783. The highest BCUT2D eigenvalue weighted by atomic mass is 19.1. The lowest BCUT2D eigenvalue weighted by Crippen LogP contribution is -2.38. The van der Waals surface area contributed by atoms with Crippen LogP contribution in [0.4, 0.5) is 9.18 Å². The maximum Gasteiger partial charge on any atom is 0.407 e. The van der Waals surface area contributed by atoms with Crippen molar-refractivity contribution in [1.82, 2.24) is 15.2 Å². The fourth-order valence-corrected chi connectivity index (χ4v) is 2.01. The quantitative estimate of drug-likeness (QED) is 0.860. The minimum Gasteiger partial charge on any atom is -0.453 e. The Morgan fingerprint density at radius 2 is 2.37 bits per heavy atom. The Morgan fingerprint density at radius 1 is 1.58 bits per heavy atom. The van der Waals surface area contributed by atoms with Crippen LogP contribution in [0.5, 0.6) is 0 Å². The van der Waals surface area contributed by atoms with Gasteiger partial charge in [-0.25, -0.2) is 9.18 Å². The third kappa shape index (κ3) is 2.98. The summed E-state index contributed by atoms with van der Waals surface area (Å²) < 4.78 is 17.9. The van der Waals surface area contributed by atoms with E-state index < -0.39 is 17.8 Å². The van der Waals surface area contributed by atoms with E-state index in [1.807, 2.05) is 0 Å². The molecule has 102 valence electrons. The van der Waals surface area contributed by atoms with Crippen LogP contribution in [0.2, 0.25) is 0 Å². The number of halogens is 1. The van der Waals surface area contributed by atoms with Crippen LogP contribution in [0.25, 0.3) is 0 Å². The Hall–Kier alpha value is -2.18. The molecular weight excluding hydrogens is 253 g/mol. The molecule has 6 nitrogen and oxygen atoms in total. The summed E-state index contributed by atoms with van der Waals surface area (Å²) in [7, 11) is 1.28. The normalized spacial score (nSPS) is 18.2. The molecule has 1 N–H and O–H groups in total. The minimum absolute atomic E-state index is 0.00582. The number of amides is 2. The first-order valence-corrected chi connectivity index (χ1v) is 5.85. The Morgan fingerprint density at radius 3 is 3.05 bits per heavy atom. The molecule has 0 saturated carbocycles. The molecule has 0 spiro atoms. The SMILES string of the molecule is COC(=O)NC1CCN(C(=O)c2ccncc2F)C1. The second-order valence-electron chi connectivity index (χ2n) is 4.23. The van der Waals surface area contributed by atoms with Gasteiger partial charge in [0, 0.05) is 19.3 Å². The van der Waals surface area contributed by atoms with Gasteiger partial charge in [-0.15, -0.1) is 0 Å². The van der Waals surface area contributed by atoms with Gasteiger partial charge in [0.25, 0.3) is 5.91 Å². The number of hydrogen-bond acceptors (Lipinski definition) is 4. The van der Waals surface area contributed by atoms with Crippen molar-refractivity contribution in [2.45, 2.75) is 12.5 Å². The van der Waals surface area contributed by atoms with Gasteiger partial charge in [0.05, 0.1) is 24.9 Å². The van der Waals surface area contributed by atoms with Gasteiger partial charge in [-0.05, 0) is 12.5 Å². The van der Waals surface area contributed by atoms with Crippen molar-refractivity contribution in [2.24, 2.45) is 0 Å². The molecule has 19 heavy (non-hydrogen) atoms. The smallest absolute Gasteiger partial charge is 0.407 e. The lowest BCUT2D eigenvalue weighted by Gasteiger charge is -2.17. The number of ether oxygens (including phenoxy) is 1. The van der Waals surface area contributed by atoms with E-state index >= 15 is 0 Å². The van der Waals surface area contributed by atoms with Gasteiger partial charge in [0.2, 0.25) is 0 Å². The molecule has 1 atom stereocenters. The predicted molar refractivity (Wildman–Crippen MR) is 64.0 cm³/mol. The molecule has 2 amide bonds.